The van der Waals surface area contributed by atoms with E-state index in [1.54, 1.807) is 6.20 Å². The van der Waals surface area contributed by atoms with Gasteiger partial charge in [0, 0.05) is 10.7 Å². The Morgan fingerprint density at radius 2 is 2.16 bits per heavy atom. The zero-order valence-electron chi connectivity index (χ0n) is 10.6. The van der Waals surface area contributed by atoms with Gasteiger partial charge >= 0.3 is 0 Å². The van der Waals surface area contributed by atoms with Crippen molar-refractivity contribution in [1.82, 2.24) is 4.98 Å². The molecule has 1 heterocycles. The van der Waals surface area contributed by atoms with Crippen molar-refractivity contribution in [2.45, 2.75) is 25.3 Å². The second-order valence-electron chi connectivity index (χ2n) is 4.88. The summed E-state index contributed by atoms with van der Waals surface area (Å²) in [4.78, 5) is 4.36. The van der Waals surface area contributed by atoms with Gasteiger partial charge in [0.15, 0.2) is 0 Å². The fraction of sp³-hybridized carbons (Fsp3) is 0.267. The lowest BCUT2D eigenvalue weighted by Crippen LogP contribution is -2.18. The van der Waals surface area contributed by atoms with Crippen LogP contribution < -0.4 is 11.1 Å². The predicted molar refractivity (Wildman–Crippen MR) is 82.1 cm³/mol. The van der Waals surface area contributed by atoms with Gasteiger partial charge in [-0.15, -0.1) is 0 Å². The quantitative estimate of drug-likeness (QED) is 0.882. The number of nitrogens with two attached hydrogens (primary N) is 1. The number of nitrogens with one attached hydrogen (secondary N) is 1. The smallest absolute Gasteiger partial charge is 0.149 e. The first kappa shape index (κ1) is 12.5. The molecule has 1 aromatic heterocycles. The average Bonchev–Trinajstić information content (AvgIpc) is 2.42. The van der Waals surface area contributed by atoms with Crippen molar-refractivity contribution in [3.05, 3.63) is 52.1 Å². The number of fused-ring (bicyclic) bond motifs is 1. The number of aromatic nitrogens is 1. The number of halogens is 1. The summed E-state index contributed by atoms with van der Waals surface area (Å²) in [7, 11) is 0. The van der Waals surface area contributed by atoms with Gasteiger partial charge in [-0.25, -0.2) is 4.98 Å². The van der Waals surface area contributed by atoms with Crippen molar-refractivity contribution < 1.29 is 0 Å². The molecule has 0 spiro atoms. The van der Waals surface area contributed by atoms with E-state index in [9.17, 15) is 0 Å². The molecule has 0 radical (unpaired) electrons. The van der Waals surface area contributed by atoms with Crippen molar-refractivity contribution >= 4 is 27.4 Å². The van der Waals surface area contributed by atoms with Crippen LogP contribution in [0.15, 0.2) is 41.0 Å². The molecule has 4 heteroatoms. The highest BCUT2D eigenvalue weighted by Crippen LogP contribution is 2.33. The van der Waals surface area contributed by atoms with E-state index in [4.69, 9.17) is 5.73 Å². The Bertz CT molecular complexity index is 598. The Balaban J connectivity index is 1.88. The number of benzene rings is 1. The molecule has 19 heavy (non-hydrogen) atoms. The lowest BCUT2D eigenvalue weighted by Gasteiger charge is -2.27. The molecule has 1 aliphatic carbocycles. The summed E-state index contributed by atoms with van der Waals surface area (Å²) in [5, 5.41) is 3.48. The number of pyridine rings is 1. The fourth-order valence-electron chi connectivity index (χ4n) is 2.64. The average molecular weight is 318 g/mol. The molecule has 1 unspecified atom stereocenters. The van der Waals surface area contributed by atoms with Crippen LogP contribution in [0.5, 0.6) is 0 Å². The van der Waals surface area contributed by atoms with Crippen LogP contribution in [0.1, 0.15) is 30.0 Å². The van der Waals surface area contributed by atoms with Gasteiger partial charge < -0.3 is 11.1 Å². The van der Waals surface area contributed by atoms with Crippen molar-refractivity contribution in [2.24, 2.45) is 0 Å². The molecule has 0 amide bonds. The maximum atomic E-state index is 6.00. The summed E-state index contributed by atoms with van der Waals surface area (Å²) in [6.07, 6.45) is 5.25. The van der Waals surface area contributed by atoms with Crippen LogP contribution in [-0.2, 0) is 6.42 Å². The van der Waals surface area contributed by atoms with E-state index in [1.165, 1.54) is 17.5 Å². The summed E-state index contributed by atoms with van der Waals surface area (Å²) < 4.78 is 0.902. The molecule has 0 aliphatic heterocycles. The molecule has 1 aliphatic rings. The van der Waals surface area contributed by atoms with Crippen molar-refractivity contribution in [1.29, 1.82) is 0 Å². The molecular formula is C15H16BrN3. The monoisotopic (exact) mass is 317 g/mol. The first-order chi connectivity index (χ1) is 9.24. The third-order valence-corrected chi connectivity index (χ3v) is 4.00. The van der Waals surface area contributed by atoms with Gasteiger partial charge in [0.1, 0.15) is 5.82 Å². The third kappa shape index (κ3) is 2.59. The Morgan fingerprint density at radius 1 is 1.32 bits per heavy atom. The molecule has 1 aromatic carbocycles. The SMILES string of the molecule is Nc1cc(Br)cnc1NC1CCCc2ccccc21. The molecule has 0 bridgehead atoms. The standard InChI is InChI=1S/C15H16BrN3/c16-11-8-13(17)15(18-9-11)19-14-7-3-5-10-4-1-2-6-12(10)14/h1-2,4,6,8-9,14H,3,5,7,17H2,(H,18,19). The second-order valence-corrected chi connectivity index (χ2v) is 5.80. The van der Waals surface area contributed by atoms with E-state index < -0.39 is 0 Å². The number of aryl methyl sites for hydroxylation is 1. The van der Waals surface area contributed by atoms with Gasteiger partial charge in [0.25, 0.3) is 0 Å². The molecule has 3 nitrogen and oxygen atoms in total. The number of hydrogen-bond acceptors (Lipinski definition) is 3. The summed E-state index contributed by atoms with van der Waals surface area (Å²) in [5.41, 5.74) is 9.49. The van der Waals surface area contributed by atoms with Crippen LogP contribution in [0.4, 0.5) is 11.5 Å². The fourth-order valence-corrected chi connectivity index (χ4v) is 2.99. The number of rotatable bonds is 2. The van der Waals surface area contributed by atoms with Crippen molar-refractivity contribution in [3.8, 4) is 0 Å². The Hall–Kier alpha value is -1.55. The summed E-state index contributed by atoms with van der Waals surface area (Å²) in [5.74, 6) is 0.768. The summed E-state index contributed by atoms with van der Waals surface area (Å²) >= 11 is 3.38. The minimum atomic E-state index is 0.306. The molecule has 2 aromatic rings. The molecule has 3 rings (SSSR count). The first-order valence-corrected chi connectivity index (χ1v) is 7.28. The minimum absolute atomic E-state index is 0.306. The van der Waals surface area contributed by atoms with E-state index in [0.717, 1.165) is 23.1 Å². The predicted octanol–water partition coefficient (Wildman–Crippen LogP) is 3.92. The molecular weight excluding hydrogens is 302 g/mol. The molecule has 3 N–H and O–H groups in total. The summed E-state index contributed by atoms with van der Waals surface area (Å²) in [6.45, 7) is 0. The van der Waals surface area contributed by atoms with Crippen molar-refractivity contribution in [3.63, 3.8) is 0 Å². The van der Waals surface area contributed by atoms with Gasteiger partial charge in [0.05, 0.1) is 11.7 Å². The van der Waals surface area contributed by atoms with E-state index in [2.05, 4.69) is 50.5 Å². The zero-order valence-corrected chi connectivity index (χ0v) is 12.2. The van der Waals surface area contributed by atoms with Gasteiger partial charge in [-0.05, 0) is 52.4 Å². The molecule has 98 valence electrons. The topological polar surface area (TPSA) is 50.9 Å². The van der Waals surface area contributed by atoms with Gasteiger partial charge in [-0.2, -0.15) is 0 Å². The van der Waals surface area contributed by atoms with E-state index in [0.29, 0.717) is 11.7 Å². The molecule has 0 saturated carbocycles. The van der Waals surface area contributed by atoms with Crippen LogP contribution in [0.3, 0.4) is 0 Å². The van der Waals surface area contributed by atoms with Gasteiger partial charge in [-0.1, -0.05) is 24.3 Å². The Morgan fingerprint density at radius 3 is 3.00 bits per heavy atom. The van der Waals surface area contributed by atoms with Crippen LogP contribution in [0.2, 0.25) is 0 Å². The normalized spacial score (nSPS) is 17.8. The highest BCUT2D eigenvalue weighted by molar-refractivity contribution is 9.10. The summed E-state index contributed by atoms with van der Waals surface area (Å²) in [6, 6.07) is 10.8. The highest BCUT2D eigenvalue weighted by Gasteiger charge is 2.20. The Kier molecular flexibility index (Phi) is 3.42. The molecule has 1 atom stereocenters. The first-order valence-electron chi connectivity index (χ1n) is 6.49. The third-order valence-electron chi connectivity index (χ3n) is 3.56. The van der Waals surface area contributed by atoms with E-state index >= 15 is 0 Å². The molecule has 0 saturated heterocycles. The highest BCUT2D eigenvalue weighted by atomic mass is 79.9. The van der Waals surface area contributed by atoms with Crippen molar-refractivity contribution in [2.75, 3.05) is 11.1 Å². The lowest BCUT2D eigenvalue weighted by atomic mass is 9.88. The van der Waals surface area contributed by atoms with Crippen LogP contribution in [0, 0.1) is 0 Å². The molecule has 0 fully saturated rings. The largest absolute Gasteiger partial charge is 0.396 e. The second kappa shape index (κ2) is 5.21. The van der Waals surface area contributed by atoms with Crippen LogP contribution in [0.25, 0.3) is 0 Å². The number of nitrogen functional groups attached to an aromatic ring is 1. The van der Waals surface area contributed by atoms with Crippen LogP contribution in [-0.4, -0.2) is 4.98 Å². The minimum Gasteiger partial charge on any atom is -0.396 e. The van der Waals surface area contributed by atoms with E-state index in [1.807, 2.05) is 6.07 Å². The zero-order chi connectivity index (χ0) is 13.2. The number of hydrogen-bond donors (Lipinski definition) is 2. The Labute approximate surface area is 121 Å². The number of nitrogens with zero attached hydrogens (tertiary/aromatic N) is 1. The maximum absolute atomic E-state index is 6.00. The van der Waals surface area contributed by atoms with Gasteiger partial charge in [-0.3, -0.25) is 0 Å². The number of anilines is 2. The van der Waals surface area contributed by atoms with Gasteiger partial charge in [0.2, 0.25) is 0 Å². The lowest BCUT2D eigenvalue weighted by molar-refractivity contribution is 0.599. The van der Waals surface area contributed by atoms with E-state index in [-0.39, 0.29) is 0 Å². The maximum Gasteiger partial charge on any atom is 0.149 e. The van der Waals surface area contributed by atoms with Crippen LogP contribution >= 0.6 is 15.9 Å².